The maximum absolute atomic E-state index is 9.64. The second-order valence-electron chi connectivity index (χ2n) is 7.41. The lowest BCUT2D eigenvalue weighted by Gasteiger charge is -2.14. The molecule has 1 aromatic heterocycles. The SMILES string of the molecule is Cc1ccc(Cn2c(-c3ccc(O)cc3)nnc2-c2ccc(N(C)C)cc2)cc1. The van der Waals surface area contributed by atoms with E-state index >= 15 is 0 Å². The molecule has 0 bridgehead atoms. The Kier molecular flexibility index (Phi) is 5.04. The molecule has 0 saturated heterocycles. The van der Waals surface area contributed by atoms with Gasteiger partial charge in [-0.15, -0.1) is 10.2 Å². The monoisotopic (exact) mass is 384 g/mol. The molecule has 0 fully saturated rings. The van der Waals surface area contributed by atoms with Crippen molar-refractivity contribution in [3.8, 4) is 28.5 Å². The summed E-state index contributed by atoms with van der Waals surface area (Å²) < 4.78 is 2.13. The Morgan fingerprint density at radius 1 is 0.759 bits per heavy atom. The van der Waals surface area contributed by atoms with Crippen molar-refractivity contribution < 1.29 is 5.11 Å². The van der Waals surface area contributed by atoms with Gasteiger partial charge in [-0.25, -0.2) is 0 Å². The number of phenolic OH excluding ortho intramolecular Hbond substituents is 1. The largest absolute Gasteiger partial charge is 0.508 e. The third-order valence-corrected chi connectivity index (χ3v) is 4.98. The smallest absolute Gasteiger partial charge is 0.164 e. The Balaban J connectivity index is 1.80. The summed E-state index contributed by atoms with van der Waals surface area (Å²) in [5.74, 6) is 1.83. The van der Waals surface area contributed by atoms with Crippen LogP contribution >= 0.6 is 0 Å². The summed E-state index contributed by atoms with van der Waals surface area (Å²) in [7, 11) is 4.05. The van der Waals surface area contributed by atoms with E-state index in [1.165, 1.54) is 11.1 Å². The normalized spacial score (nSPS) is 10.9. The van der Waals surface area contributed by atoms with Gasteiger partial charge >= 0.3 is 0 Å². The van der Waals surface area contributed by atoms with Gasteiger partial charge in [0.15, 0.2) is 11.6 Å². The van der Waals surface area contributed by atoms with Crippen LogP contribution in [0.25, 0.3) is 22.8 Å². The molecule has 4 rings (SSSR count). The zero-order valence-electron chi connectivity index (χ0n) is 16.9. The first-order valence-corrected chi connectivity index (χ1v) is 9.57. The van der Waals surface area contributed by atoms with E-state index < -0.39 is 0 Å². The molecule has 4 aromatic rings. The van der Waals surface area contributed by atoms with Crippen molar-refractivity contribution >= 4 is 5.69 Å². The van der Waals surface area contributed by atoms with Crippen LogP contribution in [0.3, 0.4) is 0 Å². The van der Waals surface area contributed by atoms with E-state index in [-0.39, 0.29) is 5.75 Å². The van der Waals surface area contributed by atoms with Gasteiger partial charge in [-0.1, -0.05) is 29.8 Å². The summed E-state index contributed by atoms with van der Waals surface area (Å²) in [6.07, 6.45) is 0. The van der Waals surface area contributed by atoms with Crippen LogP contribution in [0.4, 0.5) is 5.69 Å². The van der Waals surface area contributed by atoms with E-state index in [4.69, 9.17) is 0 Å². The Hall–Kier alpha value is -3.60. The van der Waals surface area contributed by atoms with Crippen LogP contribution in [-0.2, 0) is 6.54 Å². The zero-order valence-corrected chi connectivity index (χ0v) is 16.9. The maximum atomic E-state index is 9.64. The van der Waals surface area contributed by atoms with Crippen molar-refractivity contribution in [2.75, 3.05) is 19.0 Å². The van der Waals surface area contributed by atoms with Gasteiger partial charge in [0.1, 0.15) is 5.75 Å². The molecule has 0 aliphatic heterocycles. The third-order valence-electron chi connectivity index (χ3n) is 4.98. The van der Waals surface area contributed by atoms with E-state index in [2.05, 4.69) is 75.1 Å². The lowest BCUT2D eigenvalue weighted by atomic mass is 10.1. The molecular weight excluding hydrogens is 360 g/mol. The second-order valence-corrected chi connectivity index (χ2v) is 7.41. The molecule has 0 spiro atoms. The van der Waals surface area contributed by atoms with E-state index in [0.717, 1.165) is 28.5 Å². The van der Waals surface area contributed by atoms with Gasteiger partial charge in [0.2, 0.25) is 0 Å². The summed E-state index contributed by atoms with van der Waals surface area (Å²) in [6, 6.07) is 23.9. The summed E-state index contributed by atoms with van der Waals surface area (Å²) in [5, 5.41) is 18.6. The molecule has 0 aliphatic rings. The molecule has 1 heterocycles. The summed E-state index contributed by atoms with van der Waals surface area (Å²) in [4.78, 5) is 2.07. The lowest BCUT2D eigenvalue weighted by Crippen LogP contribution is -2.08. The van der Waals surface area contributed by atoms with Gasteiger partial charge in [-0.2, -0.15) is 0 Å². The highest BCUT2D eigenvalue weighted by atomic mass is 16.3. The first-order valence-electron chi connectivity index (χ1n) is 9.57. The predicted octanol–water partition coefficient (Wildman–Crippen LogP) is 4.74. The number of nitrogens with zero attached hydrogens (tertiary/aromatic N) is 4. The fraction of sp³-hybridized carbons (Fsp3) is 0.167. The van der Waals surface area contributed by atoms with Crippen LogP contribution in [0.2, 0.25) is 0 Å². The molecule has 29 heavy (non-hydrogen) atoms. The molecule has 0 aliphatic carbocycles. The molecule has 0 radical (unpaired) electrons. The number of aromatic nitrogens is 3. The topological polar surface area (TPSA) is 54.2 Å². The van der Waals surface area contributed by atoms with Crippen molar-refractivity contribution in [3.63, 3.8) is 0 Å². The first kappa shape index (κ1) is 18.7. The molecule has 0 saturated carbocycles. The minimum absolute atomic E-state index is 0.234. The van der Waals surface area contributed by atoms with Crippen LogP contribution in [-0.4, -0.2) is 34.0 Å². The molecule has 3 aromatic carbocycles. The highest BCUT2D eigenvalue weighted by Gasteiger charge is 2.16. The molecule has 1 N–H and O–H groups in total. The van der Waals surface area contributed by atoms with E-state index in [1.54, 1.807) is 12.1 Å². The molecule has 5 heteroatoms. The summed E-state index contributed by atoms with van der Waals surface area (Å²) in [6.45, 7) is 2.75. The zero-order chi connectivity index (χ0) is 20.4. The number of aromatic hydroxyl groups is 1. The Labute approximate surface area is 170 Å². The molecular formula is C24H24N4O. The molecule has 146 valence electrons. The summed E-state index contributed by atoms with van der Waals surface area (Å²) in [5.41, 5.74) is 5.48. The molecule has 0 unspecified atom stereocenters. The van der Waals surface area contributed by atoms with E-state index in [0.29, 0.717) is 6.54 Å². The first-order chi connectivity index (χ1) is 14.0. The van der Waals surface area contributed by atoms with Gasteiger partial charge < -0.3 is 14.6 Å². The van der Waals surface area contributed by atoms with E-state index in [1.807, 2.05) is 26.2 Å². The fourth-order valence-corrected chi connectivity index (χ4v) is 3.28. The Morgan fingerprint density at radius 3 is 1.79 bits per heavy atom. The quantitative estimate of drug-likeness (QED) is 0.540. The van der Waals surface area contributed by atoms with Gasteiger partial charge in [-0.3, -0.25) is 0 Å². The van der Waals surface area contributed by atoms with Crippen molar-refractivity contribution in [2.45, 2.75) is 13.5 Å². The number of rotatable bonds is 5. The van der Waals surface area contributed by atoms with Crippen LogP contribution in [0.1, 0.15) is 11.1 Å². The van der Waals surface area contributed by atoms with Crippen LogP contribution in [0, 0.1) is 6.92 Å². The van der Waals surface area contributed by atoms with Crippen molar-refractivity contribution in [2.24, 2.45) is 0 Å². The highest BCUT2D eigenvalue weighted by Crippen LogP contribution is 2.28. The van der Waals surface area contributed by atoms with Crippen molar-refractivity contribution in [1.29, 1.82) is 0 Å². The predicted molar refractivity (Wildman–Crippen MR) is 117 cm³/mol. The Morgan fingerprint density at radius 2 is 1.28 bits per heavy atom. The highest BCUT2D eigenvalue weighted by molar-refractivity contribution is 5.65. The number of phenols is 1. The average molecular weight is 384 g/mol. The minimum Gasteiger partial charge on any atom is -0.508 e. The number of aryl methyl sites for hydroxylation is 1. The third kappa shape index (κ3) is 3.99. The average Bonchev–Trinajstić information content (AvgIpc) is 3.14. The van der Waals surface area contributed by atoms with E-state index in [9.17, 15) is 5.11 Å². The molecule has 5 nitrogen and oxygen atoms in total. The second kappa shape index (κ2) is 7.80. The number of hydrogen-bond donors (Lipinski definition) is 1. The van der Waals surface area contributed by atoms with Crippen molar-refractivity contribution in [3.05, 3.63) is 83.9 Å². The van der Waals surface area contributed by atoms with Gasteiger partial charge in [-0.05, 0) is 61.0 Å². The standard InChI is InChI=1S/C24H24N4O/c1-17-4-6-18(7-5-17)16-28-23(19-8-12-21(13-9-19)27(2)3)25-26-24(28)20-10-14-22(29)15-11-20/h4-15,29H,16H2,1-3H3. The maximum Gasteiger partial charge on any atom is 0.164 e. The van der Waals surface area contributed by atoms with Crippen molar-refractivity contribution in [1.82, 2.24) is 14.8 Å². The summed E-state index contributed by atoms with van der Waals surface area (Å²) >= 11 is 0. The molecule has 0 amide bonds. The van der Waals surface area contributed by atoms with Crippen LogP contribution in [0.15, 0.2) is 72.8 Å². The van der Waals surface area contributed by atoms with Gasteiger partial charge in [0, 0.05) is 30.9 Å². The van der Waals surface area contributed by atoms with Crippen LogP contribution < -0.4 is 4.90 Å². The number of anilines is 1. The Bertz CT molecular complexity index is 1100. The molecule has 0 atom stereocenters. The number of benzene rings is 3. The fourth-order valence-electron chi connectivity index (χ4n) is 3.28. The minimum atomic E-state index is 0.234. The van der Waals surface area contributed by atoms with Gasteiger partial charge in [0.05, 0.1) is 6.54 Å². The van der Waals surface area contributed by atoms with Gasteiger partial charge in [0.25, 0.3) is 0 Å². The lowest BCUT2D eigenvalue weighted by molar-refractivity contribution is 0.475. The van der Waals surface area contributed by atoms with Crippen LogP contribution in [0.5, 0.6) is 5.75 Å². The number of hydrogen-bond acceptors (Lipinski definition) is 4.